The third kappa shape index (κ3) is 2.75. The first kappa shape index (κ1) is 15.5. The molecule has 0 aromatic heterocycles. The molecule has 1 aliphatic heterocycles. The molecule has 1 saturated heterocycles. The SMILES string of the molecule is Cc1cc(S(=O)(=O)N2C[C@@H](C)[C@H](C(=O)O)C2)ccc1Br. The molecule has 20 heavy (non-hydrogen) atoms. The number of aryl methyl sites for hydroxylation is 1. The number of hydrogen-bond donors (Lipinski definition) is 1. The van der Waals surface area contributed by atoms with Crippen LogP contribution in [-0.4, -0.2) is 36.9 Å². The Kier molecular flexibility index (Phi) is 4.22. The smallest absolute Gasteiger partial charge is 0.308 e. The van der Waals surface area contributed by atoms with Crippen LogP contribution in [0.5, 0.6) is 0 Å². The van der Waals surface area contributed by atoms with Crippen molar-refractivity contribution >= 4 is 31.9 Å². The highest BCUT2D eigenvalue weighted by Gasteiger charge is 2.40. The highest BCUT2D eigenvalue weighted by molar-refractivity contribution is 9.10. The second kappa shape index (κ2) is 5.46. The van der Waals surface area contributed by atoms with Crippen molar-refractivity contribution in [3.05, 3.63) is 28.2 Å². The van der Waals surface area contributed by atoms with E-state index in [1.54, 1.807) is 19.1 Å². The first-order valence-corrected chi connectivity index (χ1v) is 8.46. The lowest BCUT2D eigenvalue weighted by Crippen LogP contribution is -2.30. The fourth-order valence-corrected chi connectivity index (χ4v) is 4.27. The van der Waals surface area contributed by atoms with Gasteiger partial charge in [-0.15, -0.1) is 0 Å². The van der Waals surface area contributed by atoms with Crippen molar-refractivity contribution in [1.82, 2.24) is 4.31 Å². The number of carboxylic acid groups (broad SMARTS) is 1. The molecular weight excluding hydrogens is 346 g/mol. The van der Waals surface area contributed by atoms with E-state index < -0.39 is 21.9 Å². The second-order valence-corrected chi connectivity index (χ2v) is 7.95. The third-order valence-corrected chi connectivity index (χ3v) is 6.38. The zero-order valence-electron chi connectivity index (χ0n) is 11.2. The third-order valence-electron chi connectivity index (χ3n) is 3.66. The monoisotopic (exact) mass is 361 g/mol. The van der Waals surface area contributed by atoms with Crippen molar-refractivity contribution in [3.8, 4) is 0 Å². The maximum Gasteiger partial charge on any atom is 0.308 e. The number of nitrogens with zero attached hydrogens (tertiary/aromatic N) is 1. The van der Waals surface area contributed by atoms with Crippen LogP contribution in [0.4, 0.5) is 0 Å². The van der Waals surface area contributed by atoms with Gasteiger partial charge >= 0.3 is 5.97 Å². The Morgan fingerprint density at radius 3 is 2.55 bits per heavy atom. The van der Waals surface area contributed by atoms with Gasteiger partial charge in [0.1, 0.15) is 0 Å². The number of rotatable bonds is 3. The molecule has 1 heterocycles. The van der Waals surface area contributed by atoms with Crippen molar-refractivity contribution in [2.75, 3.05) is 13.1 Å². The predicted octanol–water partition coefficient (Wildman–Crippen LogP) is 2.10. The average molecular weight is 362 g/mol. The molecule has 0 spiro atoms. The normalized spacial score (nSPS) is 23.9. The molecule has 0 bridgehead atoms. The Hall–Kier alpha value is -0.920. The lowest BCUT2D eigenvalue weighted by molar-refractivity contribution is -0.142. The minimum Gasteiger partial charge on any atom is -0.481 e. The van der Waals surface area contributed by atoms with Gasteiger partial charge in [-0.3, -0.25) is 4.79 Å². The summed E-state index contributed by atoms with van der Waals surface area (Å²) in [6, 6.07) is 4.82. The Morgan fingerprint density at radius 2 is 2.05 bits per heavy atom. The molecule has 0 radical (unpaired) electrons. The summed E-state index contributed by atoms with van der Waals surface area (Å²) in [5, 5.41) is 9.09. The molecule has 2 rings (SSSR count). The number of benzene rings is 1. The van der Waals surface area contributed by atoms with E-state index in [1.165, 1.54) is 10.4 Å². The van der Waals surface area contributed by atoms with Gasteiger partial charge in [0, 0.05) is 17.6 Å². The molecule has 0 aliphatic carbocycles. The molecule has 2 atom stereocenters. The molecule has 110 valence electrons. The number of hydrogen-bond acceptors (Lipinski definition) is 3. The van der Waals surface area contributed by atoms with Gasteiger partial charge in [0.2, 0.25) is 10.0 Å². The van der Waals surface area contributed by atoms with Crippen LogP contribution < -0.4 is 0 Å². The molecule has 1 aromatic carbocycles. The fourth-order valence-electron chi connectivity index (χ4n) is 2.37. The van der Waals surface area contributed by atoms with Crippen LogP contribution in [0.3, 0.4) is 0 Å². The Morgan fingerprint density at radius 1 is 1.40 bits per heavy atom. The molecule has 0 unspecified atom stereocenters. The van der Waals surface area contributed by atoms with Crippen molar-refractivity contribution in [2.24, 2.45) is 11.8 Å². The minimum atomic E-state index is -3.63. The van der Waals surface area contributed by atoms with Gasteiger partial charge in [0.25, 0.3) is 0 Å². The number of aliphatic carboxylic acids is 1. The van der Waals surface area contributed by atoms with E-state index in [0.29, 0.717) is 0 Å². The van der Waals surface area contributed by atoms with Gasteiger partial charge in [0.15, 0.2) is 0 Å². The lowest BCUT2D eigenvalue weighted by Gasteiger charge is -2.16. The van der Waals surface area contributed by atoms with E-state index in [1.807, 2.05) is 6.92 Å². The lowest BCUT2D eigenvalue weighted by atomic mass is 9.99. The van der Waals surface area contributed by atoms with Crippen LogP contribution in [0.15, 0.2) is 27.6 Å². The average Bonchev–Trinajstić information content (AvgIpc) is 2.75. The number of halogens is 1. The highest BCUT2D eigenvalue weighted by Crippen LogP contribution is 2.30. The zero-order valence-corrected chi connectivity index (χ0v) is 13.6. The van der Waals surface area contributed by atoms with Gasteiger partial charge in [-0.1, -0.05) is 22.9 Å². The van der Waals surface area contributed by atoms with E-state index >= 15 is 0 Å². The van der Waals surface area contributed by atoms with Gasteiger partial charge < -0.3 is 5.11 Å². The predicted molar refractivity (Wildman–Crippen MR) is 77.9 cm³/mol. The van der Waals surface area contributed by atoms with Gasteiger partial charge in [-0.2, -0.15) is 4.31 Å². The van der Waals surface area contributed by atoms with Crippen molar-refractivity contribution < 1.29 is 18.3 Å². The molecule has 0 amide bonds. The summed E-state index contributed by atoms with van der Waals surface area (Å²) in [5.41, 5.74) is 0.827. The summed E-state index contributed by atoms with van der Waals surface area (Å²) in [7, 11) is -3.63. The number of carboxylic acids is 1. The van der Waals surface area contributed by atoms with E-state index in [9.17, 15) is 13.2 Å². The largest absolute Gasteiger partial charge is 0.481 e. The van der Waals surface area contributed by atoms with E-state index in [-0.39, 0.29) is 23.9 Å². The van der Waals surface area contributed by atoms with Gasteiger partial charge in [-0.25, -0.2) is 8.42 Å². The van der Waals surface area contributed by atoms with Gasteiger partial charge in [0.05, 0.1) is 10.8 Å². The Balaban J connectivity index is 2.32. The van der Waals surface area contributed by atoms with Crippen LogP contribution in [0, 0.1) is 18.8 Å². The van der Waals surface area contributed by atoms with E-state index in [2.05, 4.69) is 15.9 Å². The first-order valence-electron chi connectivity index (χ1n) is 6.22. The molecule has 0 saturated carbocycles. The van der Waals surface area contributed by atoms with Crippen molar-refractivity contribution in [2.45, 2.75) is 18.7 Å². The minimum absolute atomic E-state index is 0.0357. The molecule has 1 N–H and O–H groups in total. The number of carbonyl (C=O) groups is 1. The quantitative estimate of drug-likeness (QED) is 0.894. The van der Waals surface area contributed by atoms with Crippen LogP contribution >= 0.6 is 15.9 Å². The second-order valence-electron chi connectivity index (χ2n) is 5.16. The topological polar surface area (TPSA) is 74.7 Å². The molecule has 1 aliphatic rings. The van der Waals surface area contributed by atoms with Gasteiger partial charge in [-0.05, 0) is 36.6 Å². The van der Waals surface area contributed by atoms with Crippen molar-refractivity contribution in [1.29, 1.82) is 0 Å². The summed E-state index contributed by atoms with van der Waals surface area (Å²) < 4.78 is 27.2. The van der Waals surface area contributed by atoms with Crippen molar-refractivity contribution in [3.63, 3.8) is 0 Å². The molecule has 7 heteroatoms. The zero-order chi connectivity index (χ0) is 15.1. The summed E-state index contributed by atoms with van der Waals surface area (Å²) in [6.07, 6.45) is 0. The van der Waals surface area contributed by atoms with E-state index in [4.69, 9.17) is 5.11 Å². The van der Waals surface area contributed by atoms with Crippen LogP contribution in [-0.2, 0) is 14.8 Å². The molecule has 1 aromatic rings. The van der Waals surface area contributed by atoms with Crippen LogP contribution in [0.25, 0.3) is 0 Å². The van der Waals surface area contributed by atoms with E-state index in [0.717, 1.165) is 10.0 Å². The van der Waals surface area contributed by atoms with Crippen LogP contribution in [0.2, 0.25) is 0 Å². The highest BCUT2D eigenvalue weighted by atomic mass is 79.9. The molecular formula is C13H16BrNO4S. The Bertz CT molecular complexity index is 644. The summed E-state index contributed by atoms with van der Waals surface area (Å²) in [5.74, 6) is -1.76. The standard InChI is InChI=1S/C13H16BrNO4S/c1-8-5-10(3-4-12(8)14)20(18,19)15-6-9(2)11(7-15)13(16)17/h3-5,9,11H,6-7H2,1-2H3,(H,16,17)/t9-,11-/m1/s1. The number of sulfonamides is 1. The fraction of sp³-hybridized carbons (Fsp3) is 0.462. The van der Waals surface area contributed by atoms with Crippen LogP contribution in [0.1, 0.15) is 12.5 Å². The molecule has 5 nitrogen and oxygen atoms in total. The maximum absolute atomic E-state index is 12.5. The molecule has 1 fully saturated rings. The first-order chi connectivity index (χ1) is 9.23. The Labute approximate surface area is 126 Å². The summed E-state index contributed by atoms with van der Waals surface area (Å²) >= 11 is 3.33. The maximum atomic E-state index is 12.5. The summed E-state index contributed by atoms with van der Waals surface area (Å²) in [6.45, 7) is 3.86. The summed E-state index contributed by atoms with van der Waals surface area (Å²) in [4.78, 5) is 11.3.